The number of carbonyl (C=O) groups is 2. The fourth-order valence-corrected chi connectivity index (χ4v) is 2.16. The Kier molecular flexibility index (Phi) is 8.35. The van der Waals surface area contributed by atoms with E-state index >= 15 is 0 Å². The molecule has 0 amide bonds. The van der Waals surface area contributed by atoms with Gasteiger partial charge >= 0.3 is 11.9 Å². The van der Waals surface area contributed by atoms with Crippen LogP contribution < -0.4 is 0 Å². The average molecular weight is 276 g/mol. The molecule has 112 valence electrons. The Bertz CT molecular complexity index is 271. The second-order valence-electron chi connectivity index (χ2n) is 4.91. The van der Waals surface area contributed by atoms with E-state index in [0.29, 0.717) is 6.42 Å². The highest BCUT2D eigenvalue weighted by Gasteiger charge is 2.48. The maximum atomic E-state index is 12.5. The molecule has 0 rings (SSSR count). The van der Waals surface area contributed by atoms with Crippen LogP contribution in [0.5, 0.6) is 0 Å². The highest BCUT2D eigenvalue weighted by atomic mass is 19.1. The summed E-state index contributed by atoms with van der Waals surface area (Å²) >= 11 is 0. The summed E-state index contributed by atoms with van der Waals surface area (Å²) < 4.78 is 22.5. The first kappa shape index (κ1) is 17.9. The summed E-state index contributed by atoms with van der Waals surface area (Å²) in [4.78, 5) is 24.4. The van der Waals surface area contributed by atoms with Crippen molar-refractivity contribution < 1.29 is 23.5 Å². The number of halogens is 1. The minimum Gasteiger partial charge on any atom is -0.465 e. The van der Waals surface area contributed by atoms with Crippen molar-refractivity contribution in [2.75, 3.05) is 19.9 Å². The number of rotatable bonds is 9. The van der Waals surface area contributed by atoms with Crippen LogP contribution in [0.15, 0.2) is 0 Å². The molecule has 19 heavy (non-hydrogen) atoms. The van der Waals surface area contributed by atoms with Crippen LogP contribution in [0.4, 0.5) is 4.39 Å². The van der Waals surface area contributed by atoms with E-state index in [4.69, 9.17) is 9.47 Å². The number of carbonyl (C=O) groups excluding carboxylic acids is 2. The zero-order valence-electron chi connectivity index (χ0n) is 12.3. The predicted octanol–water partition coefficient (Wildman–Crippen LogP) is 2.89. The molecular weight excluding hydrogens is 251 g/mol. The van der Waals surface area contributed by atoms with Gasteiger partial charge in [-0.15, -0.1) is 0 Å². The lowest BCUT2D eigenvalue weighted by Gasteiger charge is -2.30. The van der Waals surface area contributed by atoms with E-state index < -0.39 is 24.0 Å². The van der Waals surface area contributed by atoms with Crippen LogP contribution in [-0.2, 0) is 19.1 Å². The first-order chi connectivity index (χ1) is 8.94. The van der Waals surface area contributed by atoms with Gasteiger partial charge < -0.3 is 9.47 Å². The van der Waals surface area contributed by atoms with Gasteiger partial charge in [-0.1, -0.05) is 13.8 Å². The topological polar surface area (TPSA) is 52.6 Å². The van der Waals surface area contributed by atoms with Crippen LogP contribution in [-0.4, -0.2) is 31.8 Å². The summed E-state index contributed by atoms with van der Waals surface area (Å²) in [6.07, 6.45) is 0.578. The monoisotopic (exact) mass is 276 g/mol. The minimum absolute atomic E-state index is 0.105. The van der Waals surface area contributed by atoms with E-state index in [2.05, 4.69) is 0 Å². The molecule has 5 heteroatoms. The van der Waals surface area contributed by atoms with Crippen LogP contribution in [0.25, 0.3) is 0 Å². The Labute approximate surface area is 114 Å². The van der Waals surface area contributed by atoms with E-state index in [0.717, 1.165) is 0 Å². The summed E-state index contributed by atoms with van der Waals surface area (Å²) in [7, 11) is 0. The Balaban J connectivity index is 5.29. The van der Waals surface area contributed by atoms with Gasteiger partial charge in [0.15, 0.2) is 5.41 Å². The molecule has 0 unspecified atom stereocenters. The smallest absolute Gasteiger partial charge is 0.323 e. The lowest BCUT2D eigenvalue weighted by atomic mass is 9.76. The maximum Gasteiger partial charge on any atom is 0.323 e. The number of esters is 2. The second-order valence-corrected chi connectivity index (χ2v) is 4.91. The number of ether oxygens (including phenoxy) is 2. The Morgan fingerprint density at radius 3 is 1.89 bits per heavy atom. The van der Waals surface area contributed by atoms with Gasteiger partial charge in [-0.25, -0.2) is 0 Å². The van der Waals surface area contributed by atoms with E-state index in [1.807, 2.05) is 13.8 Å². The van der Waals surface area contributed by atoms with Crippen LogP contribution in [0.1, 0.15) is 47.0 Å². The van der Waals surface area contributed by atoms with E-state index in [1.165, 1.54) is 0 Å². The quantitative estimate of drug-likeness (QED) is 0.480. The van der Waals surface area contributed by atoms with Crippen molar-refractivity contribution in [1.82, 2.24) is 0 Å². The third-order valence-electron chi connectivity index (χ3n) is 2.83. The lowest BCUT2D eigenvalue weighted by Crippen LogP contribution is -2.43. The van der Waals surface area contributed by atoms with Crippen LogP contribution in [0.2, 0.25) is 0 Å². The molecule has 0 atom stereocenters. The lowest BCUT2D eigenvalue weighted by molar-refractivity contribution is -0.174. The molecule has 4 nitrogen and oxygen atoms in total. The van der Waals surface area contributed by atoms with Gasteiger partial charge in [-0.3, -0.25) is 14.0 Å². The third-order valence-corrected chi connectivity index (χ3v) is 2.83. The van der Waals surface area contributed by atoms with Gasteiger partial charge in [0.05, 0.1) is 19.9 Å². The molecule has 0 bridgehead atoms. The van der Waals surface area contributed by atoms with Crippen molar-refractivity contribution in [1.29, 1.82) is 0 Å². The average Bonchev–Trinajstić information content (AvgIpc) is 2.34. The molecule has 0 radical (unpaired) electrons. The third kappa shape index (κ3) is 5.17. The minimum atomic E-state index is -1.37. The van der Waals surface area contributed by atoms with Gasteiger partial charge in [0.1, 0.15) is 0 Å². The summed E-state index contributed by atoms with van der Waals surface area (Å²) in [6.45, 7) is 6.97. The van der Waals surface area contributed by atoms with Gasteiger partial charge in [0.25, 0.3) is 0 Å². The highest BCUT2D eigenvalue weighted by Crippen LogP contribution is 2.35. The highest BCUT2D eigenvalue weighted by molar-refractivity contribution is 6.00. The largest absolute Gasteiger partial charge is 0.465 e. The summed E-state index contributed by atoms with van der Waals surface area (Å²) in [5, 5.41) is 0. The molecule has 0 aromatic carbocycles. The molecule has 0 aliphatic carbocycles. The maximum absolute atomic E-state index is 12.5. The Morgan fingerprint density at radius 2 is 1.58 bits per heavy atom. The van der Waals surface area contributed by atoms with Gasteiger partial charge in [0, 0.05) is 0 Å². The van der Waals surface area contributed by atoms with Crippen molar-refractivity contribution >= 4 is 11.9 Å². The van der Waals surface area contributed by atoms with Crippen molar-refractivity contribution in [2.45, 2.75) is 47.0 Å². The molecule has 0 aliphatic rings. The van der Waals surface area contributed by atoms with Crippen LogP contribution in [0, 0.1) is 11.3 Å². The normalized spacial score (nSPS) is 11.5. The van der Waals surface area contributed by atoms with Crippen LogP contribution in [0.3, 0.4) is 0 Å². The molecule has 0 aliphatic heterocycles. The van der Waals surface area contributed by atoms with Crippen molar-refractivity contribution in [3.05, 3.63) is 0 Å². The van der Waals surface area contributed by atoms with Crippen LogP contribution >= 0.6 is 0 Å². The number of hydrogen-bond donors (Lipinski definition) is 0. The number of hydrogen-bond acceptors (Lipinski definition) is 4. The molecular formula is C14H25FO4. The standard InChI is InChI=1S/C14H25FO4/c1-5-18-12(16)14(8-7-9-15,10-11(3)4)13(17)19-6-2/h11H,5-10H2,1-4H3. The molecule has 0 spiro atoms. The molecule has 0 fully saturated rings. The van der Waals surface area contributed by atoms with Crippen molar-refractivity contribution in [2.24, 2.45) is 11.3 Å². The van der Waals surface area contributed by atoms with Gasteiger partial charge in [-0.2, -0.15) is 0 Å². The second kappa shape index (κ2) is 8.88. The fourth-order valence-electron chi connectivity index (χ4n) is 2.16. The summed E-state index contributed by atoms with van der Waals surface area (Å²) in [5.74, 6) is -1.10. The molecule has 0 saturated heterocycles. The first-order valence-corrected chi connectivity index (χ1v) is 6.85. The zero-order valence-corrected chi connectivity index (χ0v) is 12.3. The predicted molar refractivity (Wildman–Crippen MR) is 70.4 cm³/mol. The van der Waals surface area contributed by atoms with Crippen molar-refractivity contribution in [3.63, 3.8) is 0 Å². The molecule has 0 aromatic rings. The Morgan fingerprint density at radius 1 is 1.11 bits per heavy atom. The molecule has 0 N–H and O–H groups in total. The van der Waals surface area contributed by atoms with Gasteiger partial charge in [0.2, 0.25) is 0 Å². The fraction of sp³-hybridized carbons (Fsp3) is 0.857. The molecule has 0 aromatic heterocycles. The zero-order chi connectivity index (χ0) is 14.9. The SMILES string of the molecule is CCOC(=O)C(CCCF)(CC(C)C)C(=O)OCC. The van der Waals surface area contributed by atoms with E-state index in [9.17, 15) is 14.0 Å². The summed E-state index contributed by atoms with van der Waals surface area (Å²) in [5.41, 5.74) is -1.37. The van der Waals surface area contributed by atoms with Crippen molar-refractivity contribution in [3.8, 4) is 0 Å². The molecule has 0 heterocycles. The Hall–Kier alpha value is -1.13. The van der Waals surface area contributed by atoms with E-state index in [1.54, 1.807) is 13.8 Å². The molecule has 0 saturated carbocycles. The first-order valence-electron chi connectivity index (χ1n) is 6.85. The number of alkyl halides is 1. The van der Waals surface area contributed by atoms with Gasteiger partial charge in [-0.05, 0) is 39.0 Å². The summed E-state index contributed by atoms with van der Waals surface area (Å²) in [6, 6.07) is 0. The van der Waals surface area contributed by atoms with E-state index in [-0.39, 0.29) is 32.0 Å².